The second-order valence-corrected chi connectivity index (χ2v) is 4.14. The van der Waals surface area contributed by atoms with Crippen molar-refractivity contribution in [2.45, 2.75) is 44.4 Å². The van der Waals surface area contributed by atoms with Gasteiger partial charge in [-0.3, -0.25) is 0 Å². The van der Waals surface area contributed by atoms with Gasteiger partial charge in [-0.25, -0.2) is 4.98 Å². The normalized spacial score (nSPS) is 31.5. The van der Waals surface area contributed by atoms with Crippen LogP contribution in [0.1, 0.15) is 32.0 Å². The molecule has 0 bridgehead atoms. The van der Waals surface area contributed by atoms with E-state index in [2.05, 4.69) is 11.9 Å². The van der Waals surface area contributed by atoms with E-state index < -0.39 is 5.60 Å². The number of imidazole rings is 1. The van der Waals surface area contributed by atoms with Crippen LogP contribution in [0.2, 0.25) is 0 Å². The Kier molecular flexibility index (Phi) is 2.33. The Morgan fingerprint density at radius 1 is 1.71 bits per heavy atom. The average Bonchev–Trinajstić information content (AvgIpc) is 2.51. The van der Waals surface area contributed by atoms with Crippen molar-refractivity contribution >= 4 is 0 Å². The van der Waals surface area contributed by atoms with E-state index in [4.69, 9.17) is 5.73 Å². The predicted molar refractivity (Wildman–Crippen MR) is 53.6 cm³/mol. The van der Waals surface area contributed by atoms with E-state index in [1.807, 2.05) is 10.8 Å². The quantitative estimate of drug-likeness (QED) is 0.742. The standard InChI is InChI=1S/C10H17N3O/c1-2-4-13-5-3-12-9(13)10(14)6-8(11)7-10/h3,5,8,14H,2,4,6-7,11H2,1H3. The Bertz CT molecular complexity index is 315. The Labute approximate surface area is 83.8 Å². The maximum atomic E-state index is 10.2. The van der Waals surface area contributed by atoms with E-state index in [0.717, 1.165) is 18.8 Å². The van der Waals surface area contributed by atoms with Crippen molar-refractivity contribution in [3.05, 3.63) is 18.2 Å². The van der Waals surface area contributed by atoms with Gasteiger partial charge < -0.3 is 15.4 Å². The first kappa shape index (κ1) is 9.68. The number of aryl methyl sites for hydroxylation is 1. The van der Waals surface area contributed by atoms with Crippen molar-refractivity contribution in [3.8, 4) is 0 Å². The Hall–Kier alpha value is -0.870. The average molecular weight is 195 g/mol. The van der Waals surface area contributed by atoms with Crippen LogP contribution >= 0.6 is 0 Å². The second-order valence-electron chi connectivity index (χ2n) is 4.14. The maximum absolute atomic E-state index is 10.2. The molecule has 1 aliphatic carbocycles. The summed E-state index contributed by atoms with van der Waals surface area (Å²) in [6.07, 6.45) is 5.97. The lowest BCUT2D eigenvalue weighted by atomic mass is 9.75. The first-order valence-corrected chi connectivity index (χ1v) is 5.15. The predicted octanol–water partition coefficient (Wildman–Crippen LogP) is 0.602. The van der Waals surface area contributed by atoms with Crippen molar-refractivity contribution in [1.29, 1.82) is 0 Å². The molecule has 3 N–H and O–H groups in total. The van der Waals surface area contributed by atoms with Gasteiger partial charge in [0.05, 0.1) is 0 Å². The van der Waals surface area contributed by atoms with E-state index in [1.54, 1.807) is 6.20 Å². The number of nitrogens with two attached hydrogens (primary N) is 1. The highest BCUT2D eigenvalue weighted by atomic mass is 16.3. The van der Waals surface area contributed by atoms with Crippen molar-refractivity contribution in [2.75, 3.05) is 0 Å². The lowest BCUT2D eigenvalue weighted by molar-refractivity contribution is -0.0624. The molecule has 0 atom stereocenters. The summed E-state index contributed by atoms with van der Waals surface area (Å²) in [7, 11) is 0. The molecular weight excluding hydrogens is 178 g/mol. The van der Waals surface area contributed by atoms with Crippen LogP contribution in [0, 0.1) is 0 Å². The number of hydrogen-bond acceptors (Lipinski definition) is 3. The van der Waals surface area contributed by atoms with E-state index in [0.29, 0.717) is 12.8 Å². The molecule has 1 aromatic heterocycles. The molecule has 0 aliphatic heterocycles. The zero-order valence-electron chi connectivity index (χ0n) is 8.48. The molecule has 4 nitrogen and oxygen atoms in total. The van der Waals surface area contributed by atoms with Crippen LogP contribution in [-0.4, -0.2) is 20.7 Å². The minimum Gasteiger partial charge on any atom is -0.382 e. The first-order valence-electron chi connectivity index (χ1n) is 5.15. The fraction of sp³-hybridized carbons (Fsp3) is 0.700. The molecule has 1 fully saturated rings. The molecule has 0 spiro atoms. The molecule has 0 radical (unpaired) electrons. The van der Waals surface area contributed by atoms with Gasteiger partial charge in [0.1, 0.15) is 11.4 Å². The molecule has 0 saturated heterocycles. The van der Waals surface area contributed by atoms with Crippen LogP contribution in [0.4, 0.5) is 0 Å². The molecule has 78 valence electrons. The summed E-state index contributed by atoms with van der Waals surface area (Å²) < 4.78 is 2.02. The summed E-state index contributed by atoms with van der Waals surface area (Å²) >= 11 is 0. The van der Waals surface area contributed by atoms with E-state index in [9.17, 15) is 5.11 Å². The van der Waals surface area contributed by atoms with Gasteiger partial charge in [0.2, 0.25) is 0 Å². The molecule has 0 aromatic carbocycles. The van der Waals surface area contributed by atoms with Gasteiger partial charge in [-0.1, -0.05) is 6.92 Å². The summed E-state index contributed by atoms with van der Waals surface area (Å²) in [5.74, 6) is 0.779. The Morgan fingerprint density at radius 3 is 3.00 bits per heavy atom. The smallest absolute Gasteiger partial charge is 0.140 e. The number of aromatic nitrogens is 2. The second kappa shape index (κ2) is 3.37. The van der Waals surface area contributed by atoms with Crippen LogP contribution < -0.4 is 5.73 Å². The molecule has 14 heavy (non-hydrogen) atoms. The topological polar surface area (TPSA) is 64.1 Å². The molecule has 1 aromatic rings. The lowest BCUT2D eigenvalue weighted by Crippen LogP contribution is -2.50. The van der Waals surface area contributed by atoms with Crippen LogP contribution in [0.5, 0.6) is 0 Å². The molecule has 2 rings (SSSR count). The van der Waals surface area contributed by atoms with Crippen molar-refractivity contribution < 1.29 is 5.11 Å². The Morgan fingerprint density at radius 2 is 2.43 bits per heavy atom. The summed E-state index contributed by atoms with van der Waals surface area (Å²) in [5.41, 5.74) is 4.92. The van der Waals surface area contributed by atoms with Gasteiger partial charge in [-0.2, -0.15) is 0 Å². The van der Waals surface area contributed by atoms with Gasteiger partial charge in [0.15, 0.2) is 0 Å². The summed E-state index contributed by atoms with van der Waals surface area (Å²) in [6.45, 7) is 3.02. The highest BCUT2D eigenvalue weighted by Crippen LogP contribution is 2.39. The summed E-state index contributed by atoms with van der Waals surface area (Å²) in [4.78, 5) is 4.22. The molecule has 0 unspecified atom stereocenters. The van der Waals surface area contributed by atoms with Gasteiger partial charge in [0, 0.05) is 25.0 Å². The molecule has 0 amide bonds. The number of nitrogens with zero attached hydrogens (tertiary/aromatic N) is 2. The third kappa shape index (κ3) is 1.44. The minimum absolute atomic E-state index is 0.131. The maximum Gasteiger partial charge on any atom is 0.140 e. The van der Waals surface area contributed by atoms with Gasteiger partial charge in [0.25, 0.3) is 0 Å². The monoisotopic (exact) mass is 195 g/mol. The minimum atomic E-state index is -0.766. The SMILES string of the molecule is CCCn1ccnc1C1(O)CC(N)C1. The van der Waals surface area contributed by atoms with Crippen LogP contribution in [0.15, 0.2) is 12.4 Å². The van der Waals surface area contributed by atoms with Gasteiger partial charge in [-0.05, 0) is 19.3 Å². The molecule has 1 saturated carbocycles. The fourth-order valence-corrected chi connectivity index (χ4v) is 2.13. The molecule has 1 heterocycles. The third-order valence-electron chi connectivity index (χ3n) is 2.80. The van der Waals surface area contributed by atoms with Crippen molar-refractivity contribution in [2.24, 2.45) is 5.73 Å². The van der Waals surface area contributed by atoms with Gasteiger partial charge >= 0.3 is 0 Å². The highest BCUT2D eigenvalue weighted by molar-refractivity contribution is 5.12. The van der Waals surface area contributed by atoms with Gasteiger partial charge in [-0.15, -0.1) is 0 Å². The van der Waals surface area contributed by atoms with Crippen LogP contribution in [-0.2, 0) is 12.1 Å². The largest absolute Gasteiger partial charge is 0.382 e. The molecule has 4 heteroatoms. The first-order chi connectivity index (χ1) is 6.65. The number of rotatable bonds is 3. The molecule has 1 aliphatic rings. The lowest BCUT2D eigenvalue weighted by Gasteiger charge is -2.41. The fourth-order valence-electron chi connectivity index (χ4n) is 2.13. The highest BCUT2D eigenvalue weighted by Gasteiger charge is 2.45. The van der Waals surface area contributed by atoms with Crippen LogP contribution in [0.25, 0.3) is 0 Å². The van der Waals surface area contributed by atoms with Crippen LogP contribution in [0.3, 0.4) is 0 Å². The molecular formula is C10H17N3O. The summed E-state index contributed by atoms with van der Waals surface area (Å²) in [5, 5.41) is 10.2. The zero-order chi connectivity index (χ0) is 10.2. The zero-order valence-corrected chi connectivity index (χ0v) is 8.48. The number of aliphatic hydroxyl groups is 1. The van der Waals surface area contributed by atoms with E-state index in [1.165, 1.54) is 0 Å². The number of hydrogen-bond donors (Lipinski definition) is 2. The van der Waals surface area contributed by atoms with Crippen molar-refractivity contribution in [3.63, 3.8) is 0 Å². The van der Waals surface area contributed by atoms with Crippen molar-refractivity contribution in [1.82, 2.24) is 9.55 Å². The summed E-state index contributed by atoms with van der Waals surface area (Å²) in [6, 6.07) is 0.131. The Balaban J connectivity index is 2.19. The van der Waals surface area contributed by atoms with E-state index >= 15 is 0 Å². The van der Waals surface area contributed by atoms with E-state index in [-0.39, 0.29) is 6.04 Å². The third-order valence-corrected chi connectivity index (χ3v) is 2.80.